The first-order chi connectivity index (χ1) is 9.43. The summed E-state index contributed by atoms with van der Waals surface area (Å²) in [6.07, 6.45) is -0.694. The van der Waals surface area contributed by atoms with Gasteiger partial charge in [-0.15, -0.1) is 0 Å². The molecular weight excluding hydrogens is 326 g/mol. The first-order valence-electron chi connectivity index (χ1n) is 6.24. The molecule has 20 heavy (non-hydrogen) atoms. The molecule has 0 aromatic heterocycles. The van der Waals surface area contributed by atoms with E-state index in [0.29, 0.717) is 5.75 Å². The lowest BCUT2D eigenvalue weighted by Crippen LogP contribution is -2.38. The van der Waals surface area contributed by atoms with Crippen LogP contribution in [-0.4, -0.2) is 55.9 Å². The number of ether oxygens (including phenoxy) is 2. The van der Waals surface area contributed by atoms with Crippen molar-refractivity contribution in [2.24, 2.45) is 0 Å². The number of hydrogen-bond donors (Lipinski definition) is 1. The van der Waals surface area contributed by atoms with E-state index in [1.54, 1.807) is 7.05 Å². The third kappa shape index (κ3) is 5.48. The molecule has 0 spiro atoms. The summed E-state index contributed by atoms with van der Waals surface area (Å²) in [6.45, 7) is 2.32. The van der Waals surface area contributed by atoms with Crippen molar-refractivity contribution in [3.05, 3.63) is 28.2 Å². The van der Waals surface area contributed by atoms with Crippen LogP contribution >= 0.6 is 15.9 Å². The van der Waals surface area contributed by atoms with Gasteiger partial charge >= 0.3 is 0 Å². The average Bonchev–Trinajstić information content (AvgIpc) is 2.37. The predicted octanol–water partition coefficient (Wildman–Crippen LogP) is 1.60. The summed E-state index contributed by atoms with van der Waals surface area (Å²) in [5, 5.41) is 9.56. The predicted molar refractivity (Wildman–Crippen MR) is 79.9 cm³/mol. The molecule has 0 aliphatic heterocycles. The van der Waals surface area contributed by atoms with Crippen molar-refractivity contribution in [1.29, 1.82) is 0 Å². The number of amides is 1. The highest BCUT2D eigenvalue weighted by atomic mass is 79.9. The van der Waals surface area contributed by atoms with Gasteiger partial charge in [0.15, 0.2) is 6.61 Å². The van der Waals surface area contributed by atoms with Gasteiger partial charge in [-0.3, -0.25) is 4.79 Å². The van der Waals surface area contributed by atoms with E-state index in [2.05, 4.69) is 15.9 Å². The van der Waals surface area contributed by atoms with Crippen molar-refractivity contribution in [1.82, 2.24) is 4.90 Å². The van der Waals surface area contributed by atoms with E-state index in [1.807, 2.05) is 25.1 Å². The molecule has 0 aliphatic rings. The molecular formula is C14H20BrNO4. The summed E-state index contributed by atoms with van der Waals surface area (Å²) in [4.78, 5) is 13.3. The van der Waals surface area contributed by atoms with Crippen molar-refractivity contribution in [2.45, 2.75) is 13.0 Å². The number of nitrogens with zero attached hydrogens (tertiary/aromatic N) is 1. The summed E-state index contributed by atoms with van der Waals surface area (Å²) in [5.41, 5.74) is 1.11. The topological polar surface area (TPSA) is 59.0 Å². The Balaban J connectivity index is 2.46. The van der Waals surface area contributed by atoms with Crippen LogP contribution in [0.1, 0.15) is 5.56 Å². The number of carbonyl (C=O) groups excluding carboxylic acids is 1. The fourth-order valence-corrected chi connectivity index (χ4v) is 2.24. The molecule has 0 heterocycles. The molecule has 5 nitrogen and oxygen atoms in total. The van der Waals surface area contributed by atoms with Crippen molar-refractivity contribution in [3.63, 3.8) is 0 Å². The fourth-order valence-electron chi connectivity index (χ4n) is 1.64. The number of hydrogen-bond acceptors (Lipinski definition) is 4. The summed E-state index contributed by atoms with van der Waals surface area (Å²) >= 11 is 3.39. The molecule has 0 fully saturated rings. The smallest absolute Gasteiger partial charge is 0.260 e. The van der Waals surface area contributed by atoms with Gasteiger partial charge in [-0.05, 0) is 40.5 Å². The monoisotopic (exact) mass is 345 g/mol. The van der Waals surface area contributed by atoms with Crippen LogP contribution in [-0.2, 0) is 9.53 Å². The van der Waals surface area contributed by atoms with Crippen LogP contribution in [0.5, 0.6) is 5.75 Å². The number of carbonyl (C=O) groups is 1. The molecule has 1 aromatic carbocycles. The Morgan fingerprint density at radius 3 is 2.80 bits per heavy atom. The number of aliphatic hydroxyl groups excluding tert-OH is 1. The van der Waals surface area contributed by atoms with E-state index in [9.17, 15) is 9.90 Å². The van der Waals surface area contributed by atoms with E-state index in [-0.39, 0.29) is 25.7 Å². The normalized spacial score (nSPS) is 12.1. The molecule has 1 unspecified atom stereocenters. The highest BCUT2D eigenvalue weighted by Crippen LogP contribution is 2.25. The Bertz CT molecular complexity index is 453. The zero-order valence-corrected chi connectivity index (χ0v) is 13.5. The van der Waals surface area contributed by atoms with Crippen LogP contribution in [0.4, 0.5) is 0 Å². The average molecular weight is 346 g/mol. The summed E-state index contributed by atoms with van der Waals surface area (Å²) < 4.78 is 11.1. The molecule has 1 atom stereocenters. The Kier molecular flexibility index (Phi) is 6.98. The first kappa shape index (κ1) is 16.9. The maximum absolute atomic E-state index is 11.9. The molecule has 6 heteroatoms. The van der Waals surface area contributed by atoms with Gasteiger partial charge in [0.25, 0.3) is 5.91 Å². The second-order valence-electron chi connectivity index (χ2n) is 4.61. The Labute approximate surface area is 127 Å². The third-order valence-corrected chi connectivity index (χ3v) is 3.33. The molecule has 1 rings (SSSR count). The second-order valence-corrected chi connectivity index (χ2v) is 5.46. The molecule has 0 saturated carbocycles. The number of likely N-dealkylation sites (N-methyl/N-ethyl adjacent to an activating group) is 1. The maximum Gasteiger partial charge on any atom is 0.260 e. The summed E-state index contributed by atoms with van der Waals surface area (Å²) in [7, 11) is 3.12. The minimum absolute atomic E-state index is 0.0716. The van der Waals surface area contributed by atoms with E-state index in [0.717, 1.165) is 10.0 Å². The zero-order valence-electron chi connectivity index (χ0n) is 11.9. The van der Waals surface area contributed by atoms with E-state index < -0.39 is 6.10 Å². The Hall–Kier alpha value is -1.11. The van der Waals surface area contributed by atoms with Crippen molar-refractivity contribution >= 4 is 21.8 Å². The SMILES string of the molecule is COCC(O)CN(C)C(=O)COc1ccc(C)cc1Br. The fraction of sp³-hybridized carbons (Fsp3) is 0.500. The molecule has 1 aromatic rings. The summed E-state index contributed by atoms with van der Waals surface area (Å²) in [5.74, 6) is 0.419. The lowest BCUT2D eigenvalue weighted by Gasteiger charge is -2.20. The van der Waals surface area contributed by atoms with Gasteiger partial charge in [0.1, 0.15) is 5.75 Å². The number of benzene rings is 1. The molecule has 112 valence electrons. The van der Waals surface area contributed by atoms with Crippen LogP contribution in [0.15, 0.2) is 22.7 Å². The molecule has 0 bridgehead atoms. The number of aliphatic hydroxyl groups is 1. The van der Waals surface area contributed by atoms with Crippen LogP contribution < -0.4 is 4.74 Å². The molecule has 0 radical (unpaired) electrons. The first-order valence-corrected chi connectivity index (χ1v) is 7.03. The Morgan fingerprint density at radius 1 is 1.50 bits per heavy atom. The standard InChI is InChI=1S/C14H20BrNO4/c1-10-4-5-13(12(15)6-10)20-9-14(18)16(2)7-11(17)8-19-3/h4-6,11,17H,7-9H2,1-3H3. The van der Waals surface area contributed by atoms with E-state index >= 15 is 0 Å². The number of rotatable bonds is 7. The van der Waals surface area contributed by atoms with Crippen molar-refractivity contribution < 1.29 is 19.4 Å². The zero-order chi connectivity index (χ0) is 15.1. The van der Waals surface area contributed by atoms with Crippen molar-refractivity contribution in [2.75, 3.05) is 33.9 Å². The highest BCUT2D eigenvalue weighted by molar-refractivity contribution is 9.10. The highest BCUT2D eigenvalue weighted by Gasteiger charge is 2.14. The third-order valence-electron chi connectivity index (χ3n) is 2.71. The molecule has 0 saturated heterocycles. The lowest BCUT2D eigenvalue weighted by atomic mass is 10.2. The molecule has 0 aliphatic carbocycles. The minimum atomic E-state index is -0.694. The second kappa shape index (κ2) is 8.24. The molecule has 1 amide bonds. The molecule has 1 N–H and O–H groups in total. The Morgan fingerprint density at radius 2 is 2.20 bits per heavy atom. The number of aryl methyl sites for hydroxylation is 1. The van der Waals surface area contributed by atoms with Gasteiger partial charge in [-0.25, -0.2) is 0 Å². The maximum atomic E-state index is 11.9. The quantitative estimate of drug-likeness (QED) is 0.815. The van der Waals surface area contributed by atoms with Gasteiger partial charge in [0, 0.05) is 20.7 Å². The van der Waals surface area contributed by atoms with Gasteiger partial charge in [0.05, 0.1) is 17.2 Å². The largest absolute Gasteiger partial charge is 0.483 e. The number of halogens is 1. The number of methoxy groups -OCH3 is 1. The van der Waals surface area contributed by atoms with Gasteiger partial charge < -0.3 is 19.5 Å². The summed E-state index contributed by atoms with van der Waals surface area (Å²) in [6, 6.07) is 5.65. The lowest BCUT2D eigenvalue weighted by molar-refractivity contribution is -0.133. The van der Waals surface area contributed by atoms with Gasteiger partial charge in [-0.1, -0.05) is 6.07 Å². The van der Waals surface area contributed by atoms with Crippen LogP contribution in [0.25, 0.3) is 0 Å². The van der Waals surface area contributed by atoms with Crippen LogP contribution in [0.2, 0.25) is 0 Å². The van der Waals surface area contributed by atoms with E-state index in [1.165, 1.54) is 12.0 Å². The van der Waals surface area contributed by atoms with E-state index in [4.69, 9.17) is 9.47 Å². The van der Waals surface area contributed by atoms with Crippen LogP contribution in [0, 0.1) is 6.92 Å². The van der Waals surface area contributed by atoms with Crippen LogP contribution in [0.3, 0.4) is 0 Å². The van der Waals surface area contributed by atoms with Gasteiger partial charge in [-0.2, -0.15) is 0 Å². The van der Waals surface area contributed by atoms with Crippen molar-refractivity contribution in [3.8, 4) is 5.75 Å². The minimum Gasteiger partial charge on any atom is -0.483 e. The van der Waals surface area contributed by atoms with Gasteiger partial charge in [0.2, 0.25) is 0 Å².